The van der Waals surface area contributed by atoms with E-state index in [9.17, 15) is 0 Å². The summed E-state index contributed by atoms with van der Waals surface area (Å²) in [6, 6.07) is 31.5. The second-order valence-electron chi connectivity index (χ2n) is 12.5. The summed E-state index contributed by atoms with van der Waals surface area (Å²) in [5, 5.41) is 0. The first-order chi connectivity index (χ1) is 17.8. The summed E-state index contributed by atoms with van der Waals surface area (Å²) in [6.07, 6.45) is 1.03. The Balaban J connectivity index is 0.000000389. The van der Waals surface area contributed by atoms with Gasteiger partial charge >= 0.3 is 76.7 Å². The Kier molecular flexibility index (Phi) is 14.1. The molecule has 0 saturated carbocycles. The van der Waals surface area contributed by atoms with Crippen molar-refractivity contribution >= 4 is 3.71 Å². The smallest absolute Gasteiger partial charge is 0.0129 e. The second-order valence-corrected chi connectivity index (χ2v) is 13.3. The average molecular weight is 651 g/mol. The van der Waals surface area contributed by atoms with Gasteiger partial charge in [0.2, 0.25) is 0 Å². The Labute approximate surface area is 271 Å². The molecule has 3 heteroatoms. The molecule has 0 aliphatic heterocycles. The van der Waals surface area contributed by atoms with E-state index in [1.54, 1.807) is 0 Å². The summed E-state index contributed by atoms with van der Waals surface area (Å²) >= 11 is 1.50. The fraction of sp³-hybridized carbons (Fsp3) is 0.351. The van der Waals surface area contributed by atoms with Gasteiger partial charge in [0, 0.05) is 0 Å². The molecule has 4 aromatic carbocycles. The molecule has 0 aromatic heterocycles. The van der Waals surface area contributed by atoms with Crippen LogP contribution in [0.2, 0.25) is 0 Å². The number of hydrogen-bond donors (Lipinski definition) is 0. The van der Waals surface area contributed by atoms with Crippen LogP contribution in [0.4, 0.5) is 0 Å². The molecule has 1 aliphatic rings. The van der Waals surface area contributed by atoms with E-state index in [1.165, 1.54) is 74.3 Å². The van der Waals surface area contributed by atoms with Gasteiger partial charge in [-0.05, 0) is 35.4 Å². The van der Waals surface area contributed by atoms with E-state index in [1.807, 2.05) is 30.3 Å². The predicted molar refractivity (Wildman–Crippen MR) is 163 cm³/mol. The molecule has 0 heterocycles. The number of aryl methyl sites for hydroxylation is 2. The van der Waals surface area contributed by atoms with Crippen LogP contribution in [0.3, 0.4) is 0 Å². The topological polar surface area (TPSA) is 0 Å². The fourth-order valence-corrected chi connectivity index (χ4v) is 5.67. The number of rotatable bonds is 2. The van der Waals surface area contributed by atoms with Gasteiger partial charge in [0.15, 0.2) is 0 Å². The molecule has 4 aromatic rings. The monoisotopic (exact) mass is 648 g/mol. The zero-order chi connectivity index (χ0) is 28.1. The summed E-state index contributed by atoms with van der Waals surface area (Å²) in [6.45, 7) is 20.5. The molecule has 0 radical (unpaired) electrons. The van der Waals surface area contributed by atoms with Gasteiger partial charge in [-0.1, -0.05) is 71.6 Å². The van der Waals surface area contributed by atoms with E-state index in [2.05, 4.69) is 121 Å². The third-order valence-corrected chi connectivity index (χ3v) is 8.44. The summed E-state index contributed by atoms with van der Waals surface area (Å²) in [5.74, 6) is 0.624. The standard InChI is InChI=1S/C23H29.C9H10.C5H5.2ClH.Zr/c1-14-9-16-11-17-10-15(2)21(23(6,7)8)13-19(17)18(16)12-20(14)22(3,4)5;1-8(2)9-6-4-3-5-7-9;1-2-4-5-3-1;;;/h9,12-13H,11H2,1-8H3;1,3-8H,2H3;1-5H;2*1H;/q-1;;-1;;;+2/p-2. The summed E-state index contributed by atoms with van der Waals surface area (Å²) < 4.78 is 2.29. The third kappa shape index (κ3) is 9.44. The first-order valence-corrected chi connectivity index (χ1v) is 15.2. The number of benzene rings is 3. The minimum Gasteiger partial charge on any atom is -1.00 e. The first kappa shape index (κ1) is 36.4. The van der Waals surface area contributed by atoms with E-state index in [0.29, 0.717) is 5.92 Å². The van der Waals surface area contributed by atoms with Crippen molar-refractivity contribution in [1.82, 2.24) is 0 Å². The predicted octanol–water partition coefficient (Wildman–Crippen LogP) is 3.82. The van der Waals surface area contributed by atoms with Crippen LogP contribution in [0, 0.1) is 19.9 Å². The average Bonchev–Trinajstić information content (AvgIpc) is 3.53. The zero-order valence-electron chi connectivity index (χ0n) is 25.6. The van der Waals surface area contributed by atoms with Crippen LogP contribution in [0.5, 0.6) is 0 Å². The van der Waals surface area contributed by atoms with Crippen LogP contribution in [0.15, 0.2) is 78.9 Å². The van der Waals surface area contributed by atoms with E-state index in [4.69, 9.17) is 0 Å². The van der Waals surface area contributed by atoms with Crippen molar-refractivity contribution in [3.8, 4) is 11.1 Å². The molecule has 212 valence electrons. The molecule has 0 fully saturated rings. The van der Waals surface area contributed by atoms with Gasteiger partial charge in [0.25, 0.3) is 0 Å². The molecule has 0 N–H and O–H groups in total. The molecule has 5 rings (SSSR count). The molecular weight excluding hydrogens is 607 g/mol. The molecule has 40 heavy (non-hydrogen) atoms. The van der Waals surface area contributed by atoms with Gasteiger partial charge in [-0.25, -0.2) is 12.1 Å². The van der Waals surface area contributed by atoms with Crippen molar-refractivity contribution in [2.45, 2.75) is 85.5 Å². The molecule has 0 saturated heterocycles. The second kappa shape index (κ2) is 15.5. The van der Waals surface area contributed by atoms with Crippen molar-refractivity contribution in [2.75, 3.05) is 0 Å². The van der Waals surface area contributed by atoms with Crippen LogP contribution in [0.25, 0.3) is 11.1 Å². The van der Waals surface area contributed by atoms with Crippen molar-refractivity contribution in [1.29, 1.82) is 0 Å². The Hall–Kier alpha value is -1.66. The van der Waals surface area contributed by atoms with Crippen LogP contribution in [-0.2, 0) is 41.5 Å². The van der Waals surface area contributed by atoms with Gasteiger partial charge < -0.3 is 24.8 Å². The minimum absolute atomic E-state index is 0. The Morgan fingerprint density at radius 2 is 1.35 bits per heavy atom. The molecule has 0 amide bonds. The quantitative estimate of drug-likeness (QED) is 0.255. The van der Waals surface area contributed by atoms with Crippen molar-refractivity contribution in [2.24, 2.45) is 0 Å². The van der Waals surface area contributed by atoms with Gasteiger partial charge in [-0.15, -0.1) is 16.7 Å². The maximum absolute atomic E-state index is 3.69. The Bertz CT molecular complexity index is 1250. The molecule has 0 bridgehead atoms. The zero-order valence-corrected chi connectivity index (χ0v) is 29.6. The van der Waals surface area contributed by atoms with Crippen molar-refractivity contribution in [3.63, 3.8) is 0 Å². The third-order valence-electron chi connectivity index (χ3n) is 7.21. The van der Waals surface area contributed by atoms with Crippen LogP contribution < -0.4 is 24.8 Å². The maximum Gasteiger partial charge on any atom is -0.0129 e. The summed E-state index contributed by atoms with van der Waals surface area (Å²) in [4.78, 5) is 0. The number of halogens is 2. The largest absolute Gasteiger partial charge is 1.00 e. The number of fused-ring (bicyclic) bond motifs is 3. The van der Waals surface area contributed by atoms with Crippen molar-refractivity contribution in [3.05, 3.63) is 124 Å². The molecule has 0 spiro atoms. The molecule has 1 atom stereocenters. The number of hydrogen-bond acceptors (Lipinski definition) is 0. The Morgan fingerprint density at radius 3 is 1.82 bits per heavy atom. The minimum atomic E-state index is 0. The van der Waals surface area contributed by atoms with Gasteiger partial charge in [0.05, 0.1) is 0 Å². The van der Waals surface area contributed by atoms with Crippen LogP contribution in [-0.4, -0.2) is 3.71 Å². The molecule has 0 nitrogen and oxygen atoms in total. The van der Waals surface area contributed by atoms with E-state index < -0.39 is 0 Å². The molecule has 1 unspecified atom stereocenters. The van der Waals surface area contributed by atoms with E-state index in [0.717, 1.165) is 6.42 Å². The van der Waals surface area contributed by atoms with Gasteiger partial charge in [0.1, 0.15) is 0 Å². The molecular formula is C37H44Cl2Zr-2. The van der Waals surface area contributed by atoms with Crippen LogP contribution in [0.1, 0.15) is 93.3 Å². The van der Waals surface area contributed by atoms with Crippen molar-refractivity contribution < 1.29 is 49.0 Å². The van der Waals surface area contributed by atoms with Gasteiger partial charge in [-0.3, -0.25) is 0 Å². The normalized spacial score (nSPS) is 12.2. The summed E-state index contributed by atoms with van der Waals surface area (Å²) in [7, 11) is 0. The Morgan fingerprint density at radius 1 is 0.800 bits per heavy atom. The van der Waals surface area contributed by atoms with E-state index in [-0.39, 0.29) is 35.6 Å². The molecule has 1 aliphatic carbocycles. The van der Waals surface area contributed by atoms with Crippen LogP contribution >= 0.6 is 0 Å². The van der Waals surface area contributed by atoms with E-state index >= 15 is 0 Å². The summed E-state index contributed by atoms with van der Waals surface area (Å²) in [5.41, 5.74) is 13.0. The van der Waals surface area contributed by atoms with Gasteiger partial charge in [-0.2, -0.15) is 35.9 Å². The fourth-order valence-electron chi connectivity index (χ4n) is 5.20. The first-order valence-electron chi connectivity index (χ1n) is 13.8. The SMILES string of the molecule is CC([CH]=[Zr+2])c1ccccc1.Cc1[c-]c2c(cc1C(C)(C)C)-c1cc(C(C)(C)C)c(C)cc1C2.[Cl-].[Cl-].c1cc[cH-]c1. The maximum atomic E-state index is 3.69.